The van der Waals surface area contributed by atoms with Gasteiger partial charge in [0.2, 0.25) is 0 Å². The molecule has 1 heterocycles. The molecule has 3 nitrogen and oxygen atoms in total. The molecule has 1 fully saturated rings. The summed E-state index contributed by atoms with van der Waals surface area (Å²) in [4.78, 5) is 17.3. The second kappa shape index (κ2) is 5.72. The zero-order valence-electron chi connectivity index (χ0n) is 9.37. The van der Waals surface area contributed by atoms with E-state index in [1.807, 2.05) is 38.1 Å². The van der Waals surface area contributed by atoms with Gasteiger partial charge < -0.3 is 0 Å². The Morgan fingerprint density at radius 2 is 2.06 bits per heavy atom. The molecule has 1 saturated heterocycles. The van der Waals surface area contributed by atoms with Crippen molar-refractivity contribution in [1.29, 1.82) is 0 Å². The number of hydroxylamine groups is 2. The summed E-state index contributed by atoms with van der Waals surface area (Å²) < 4.78 is 0. The summed E-state index contributed by atoms with van der Waals surface area (Å²) in [6, 6.07) is 7.46. The fourth-order valence-electron chi connectivity index (χ4n) is 1.60. The van der Waals surface area contributed by atoms with Gasteiger partial charge in [0.05, 0.1) is 18.6 Å². The molecule has 88 valence electrons. The number of halogens is 1. The van der Waals surface area contributed by atoms with Gasteiger partial charge in [-0.05, 0) is 25.5 Å². The van der Waals surface area contributed by atoms with Crippen molar-refractivity contribution in [2.75, 3.05) is 6.61 Å². The number of hydrogen-bond acceptors (Lipinski definition) is 2. The number of carbonyl (C=O) groups excluding carboxylic acids is 1. The topological polar surface area (TPSA) is 29.5 Å². The van der Waals surface area contributed by atoms with Gasteiger partial charge in [-0.2, -0.15) is 0 Å². The van der Waals surface area contributed by atoms with E-state index in [1.54, 1.807) is 0 Å². The Balaban J connectivity index is 0.00000144. The van der Waals surface area contributed by atoms with Gasteiger partial charge in [0.25, 0.3) is 5.91 Å². The SMILES string of the molecule is CC1(C)CON(Cc2ccccc2Cl)C1=O.[NaH]. The Bertz CT molecular complexity index is 423. The standard InChI is InChI=1S/C12H14ClNO2.Na.H/c1-12(2)8-16-14(11(12)15)7-9-5-3-4-6-10(9)13;;/h3-6H,7-8H2,1-2H3;;. The van der Waals surface area contributed by atoms with Crippen molar-refractivity contribution in [2.45, 2.75) is 20.4 Å². The van der Waals surface area contributed by atoms with Crippen LogP contribution in [0.1, 0.15) is 19.4 Å². The molecular formula is C12H15ClNNaO2. The van der Waals surface area contributed by atoms with E-state index in [4.69, 9.17) is 16.4 Å². The van der Waals surface area contributed by atoms with Crippen LogP contribution in [0.15, 0.2) is 24.3 Å². The van der Waals surface area contributed by atoms with Gasteiger partial charge in [-0.25, -0.2) is 5.06 Å². The Labute approximate surface area is 128 Å². The number of amides is 1. The summed E-state index contributed by atoms with van der Waals surface area (Å²) in [5.41, 5.74) is 0.469. The molecule has 1 aliphatic rings. The maximum atomic E-state index is 11.9. The summed E-state index contributed by atoms with van der Waals surface area (Å²) in [7, 11) is 0. The van der Waals surface area contributed by atoms with Crippen molar-refractivity contribution < 1.29 is 9.63 Å². The number of rotatable bonds is 2. The number of benzene rings is 1. The van der Waals surface area contributed by atoms with Crippen molar-refractivity contribution in [3.8, 4) is 0 Å². The zero-order chi connectivity index (χ0) is 11.8. The monoisotopic (exact) mass is 263 g/mol. The van der Waals surface area contributed by atoms with E-state index in [0.29, 0.717) is 18.2 Å². The summed E-state index contributed by atoms with van der Waals surface area (Å²) in [5, 5.41) is 2.05. The number of carbonyl (C=O) groups is 1. The van der Waals surface area contributed by atoms with Gasteiger partial charge in [-0.3, -0.25) is 9.63 Å². The third-order valence-corrected chi connectivity index (χ3v) is 3.03. The first kappa shape index (κ1) is 15.0. The molecule has 0 unspecified atom stereocenters. The predicted molar refractivity (Wildman–Crippen MR) is 68.9 cm³/mol. The fraction of sp³-hybridized carbons (Fsp3) is 0.417. The van der Waals surface area contributed by atoms with Gasteiger partial charge in [0.15, 0.2) is 0 Å². The van der Waals surface area contributed by atoms with E-state index in [9.17, 15) is 4.79 Å². The molecule has 0 saturated carbocycles. The molecule has 1 aromatic rings. The van der Waals surface area contributed by atoms with Crippen LogP contribution in [0.2, 0.25) is 5.02 Å². The molecule has 0 atom stereocenters. The van der Waals surface area contributed by atoms with Crippen LogP contribution in [0.25, 0.3) is 0 Å². The average molecular weight is 264 g/mol. The van der Waals surface area contributed by atoms with Crippen molar-refractivity contribution in [3.05, 3.63) is 34.9 Å². The van der Waals surface area contributed by atoms with Crippen LogP contribution in [-0.2, 0) is 16.2 Å². The van der Waals surface area contributed by atoms with Crippen molar-refractivity contribution in [1.82, 2.24) is 5.06 Å². The summed E-state index contributed by atoms with van der Waals surface area (Å²) >= 11 is 6.03. The van der Waals surface area contributed by atoms with Crippen molar-refractivity contribution in [2.24, 2.45) is 5.41 Å². The van der Waals surface area contributed by atoms with E-state index in [0.717, 1.165) is 5.56 Å². The van der Waals surface area contributed by atoms with Gasteiger partial charge in [-0.1, -0.05) is 29.8 Å². The minimum absolute atomic E-state index is 0. The van der Waals surface area contributed by atoms with Crippen LogP contribution in [0.3, 0.4) is 0 Å². The van der Waals surface area contributed by atoms with Crippen LogP contribution in [0.5, 0.6) is 0 Å². The molecule has 0 bridgehead atoms. The summed E-state index contributed by atoms with van der Waals surface area (Å²) in [6.07, 6.45) is 0. The van der Waals surface area contributed by atoms with Gasteiger partial charge in [0, 0.05) is 5.02 Å². The Kier molecular flexibility index (Phi) is 5.05. The van der Waals surface area contributed by atoms with Crippen LogP contribution < -0.4 is 0 Å². The summed E-state index contributed by atoms with van der Waals surface area (Å²) in [6.45, 7) is 4.59. The third kappa shape index (κ3) is 3.24. The molecule has 0 spiro atoms. The molecule has 0 aliphatic carbocycles. The van der Waals surface area contributed by atoms with E-state index in [2.05, 4.69) is 0 Å². The first-order valence-electron chi connectivity index (χ1n) is 5.19. The molecule has 2 rings (SSSR count). The van der Waals surface area contributed by atoms with Gasteiger partial charge >= 0.3 is 29.6 Å². The van der Waals surface area contributed by atoms with Crippen LogP contribution in [0.4, 0.5) is 0 Å². The molecule has 17 heavy (non-hydrogen) atoms. The second-order valence-electron chi connectivity index (χ2n) is 4.59. The normalized spacial score (nSPS) is 18.1. The maximum absolute atomic E-state index is 11.9. The van der Waals surface area contributed by atoms with Crippen LogP contribution in [0, 0.1) is 5.41 Å². The molecule has 0 N–H and O–H groups in total. The minimum atomic E-state index is -0.429. The van der Waals surface area contributed by atoms with Crippen molar-refractivity contribution >= 4 is 47.1 Å². The van der Waals surface area contributed by atoms with E-state index >= 15 is 0 Å². The predicted octanol–water partition coefficient (Wildman–Crippen LogP) is 1.99. The molecule has 1 aliphatic heterocycles. The van der Waals surface area contributed by atoms with Crippen LogP contribution in [-0.4, -0.2) is 47.1 Å². The molecular weight excluding hydrogens is 249 g/mol. The molecule has 0 aromatic heterocycles. The Hall–Kier alpha value is -0.0600. The Morgan fingerprint density at radius 1 is 1.41 bits per heavy atom. The average Bonchev–Trinajstić information content (AvgIpc) is 2.49. The molecule has 0 radical (unpaired) electrons. The molecule has 1 aromatic carbocycles. The van der Waals surface area contributed by atoms with Gasteiger partial charge in [-0.15, -0.1) is 0 Å². The molecule has 5 heteroatoms. The summed E-state index contributed by atoms with van der Waals surface area (Å²) in [5.74, 6) is 0.00687. The second-order valence-corrected chi connectivity index (χ2v) is 5.00. The fourth-order valence-corrected chi connectivity index (χ4v) is 1.79. The van der Waals surface area contributed by atoms with E-state index in [-0.39, 0.29) is 35.5 Å². The van der Waals surface area contributed by atoms with Gasteiger partial charge in [0.1, 0.15) is 0 Å². The van der Waals surface area contributed by atoms with E-state index in [1.165, 1.54) is 5.06 Å². The third-order valence-electron chi connectivity index (χ3n) is 2.66. The zero-order valence-corrected chi connectivity index (χ0v) is 10.1. The first-order valence-corrected chi connectivity index (χ1v) is 5.57. The van der Waals surface area contributed by atoms with E-state index < -0.39 is 5.41 Å². The number of nitrogens with zero attached hydrogens (tertiary/aromatic N) is 1. The molecule has 1 amide bonds. The quantitative estimate of drug-likeness (QED) is 0.764. The van der Waals surface area contributed by atoms with Crippen LogP contribution >= 0.6 is 11.6 Å². The first-order chi connectivity index (χ1) is 7.50. The Morgan fingerprint density at radius 3 is 2.59 bits per heavy atom. The number of hydrogen-bond donors (Lipinski definition) is 0. The van der Waals surface area contributed by atoms with Crippen molar-refractivity contribution in [3.63, 3.8) is 0 Å².